The van der Waals surface area contributed by atoms with E-state index in [9.17, 15) is 4.79 Å². The molecule has 1 aliphatic rings. The number of fused-ring (bicyclic) bond motifs is 1. The highest BCUT2D eigenvalue weighted by atomic mass is 16.5. The molecule has 0 aromatic heterocycles. The van der Waals surface area contributed by atoms with Gasteiger partial charge in [-0.1, -0.05) is 12.1 Å². The highest BCUT2D eigenvalue weighted by Crippen LogP contribution is 2.33. The number of methoxy groups -OCH3 is 2. The number of rotatable bonds is 4. The molecule has 4 heteroatoms. The summed E-state index contributed by atoms with van der Waals surface area (Å²) in [5, 5.41) is 0. The average Bonchev–Trinajstić information content (AvgIpc) is 3.02. The van der Waals surface area contributed by atoms with Gasteiger partial charge in [0, 0.05) is 6.42 Å². The Morgan fingerprint density at radius 3 is 2.71 bits per heavy atom. The molecule has 0 spiro atoms. The summed E-state index contributed by atoms with van der Waals surface area (Å²) in [6.45, 7) is 0.620. The van der Waals surface area contributed by atoms with Crippen LogP contribution in [0.15, 0.2) is 36.4 Å². The third kappa shape index (κ3) is 2.33. The van der Waals surface area contributed by atoms with E-state index in [4.69, 9.17) is 14.2 Å². The summed E-state index contributed by atoms with van der Waals surface area (Å²) >= 11 is 0. The van der Waals surface area contributed by atoms with Crippen molar-refractivity contribution in [2.75, 3.05) is 20.8 Å². The first-order valence-corrected chi connectivity index (χ1v) is 6.76. The number of ketones is 1. The third-order valence-electron chi connectivity index (χ3n) is 3.61. The Morgan fingerprint density at radius 2 is 1.95 bits per heavy atom. The molecule has 21 heavy (non-hydrogen) atoms. The Kier molecular flexibility index (Phi) is 3.52. The highest BCUT2D eigenvalue weighted by molar-refractivity contribution is 6.12. The quantitative estimate of drug-likeness (QED) is 0.810. The standard InChI is InChI=1S/C17H16O4/c1-19-12-6-7-15(20-2)14(10-12)16(18)13-5-3-4-11-8-9-21-17(11)13/h3-7,10H,8-9H2,1-2H3. The van der Waals surface area contributed by atoms with Gasteiger partial charge in [-0.2, -0.15) is 0 Å². The first-order valence-electron chi connectivity index (χ1n) is 6.76. The molecule has 0 atom stereocenters. The summed E-state index contributed by atoms with van der Waals surface area (Å²) < 4.78 is 16.1. The van der Waals surface area contributed by atoms with E-state index in [0.29, 0.717) is 35.0 Å². The number of carbonyl (C=O) groups is 1. The van der Waals surface area contributed by atoms with Crippen LogP contribution in [-0.4, -0.2) is 26.6 Å². The monoisotopic (exact) mass is 284 g/mol. The van der Waals surface area contributed by atoms with E-state index in [1.165, 1.54) is 0 Å². The molecule has 0 saturated heterocycles. The van der Waals surface area contributed by atoms with Crippen LogP contribution >= 0.6 is 0 Å². The lowest BCUT2D eigenvalue weighted by molar-refractivity contribution is 0.103. The molecule has 1 aliphatic heterocycles. The summed E-state index contributed by atoms with van der Waals surface area (Å²) in [5.74, 6) is 1.71. The maximum Gasteiger partial charge on any atom is 0.200 e. The lowest BCUT2D eigenvalue weighted by Gasteiger charge is -2.11. The first-order chi connectivity index (χ1) is 10.2. The van der Waals surface area contributed by atoms with Gasteiger partial charge in [-0.05, 0) is 29.8 Å². The zero-order chi connectivity index (χ0) is 14.8. The fourth-order valence-electron chi connectivity index (χ4n) is 2.53. The van der Waals surface area contributed by atoms with Crippen molar-refractivity contribution in [3.05, 3.63) is 53.1 Å². The molecule has 0 amide bonds. The van der Waals surface area contributed by atoms with E-state index in [0.717, 1.165) is 12.0 Å². The number of carbonyl (C=O) groups excluding carboxylic acids is 1. The van der Waals surface area contributed by atoms with Gasteiger partial charge in [-0.3, -0.25) is 4.79 Å². The summed E-state index contributed by atoms with van der Waals surface area (Å²) in [5.41, 5.74) is 2.11. The zero-order valence-electron chi connectivity index (χ0n) is 12.0. The van der Waals surface area contributed by atoms with Gasteiger partial charge in [0.15, 0.2) is 0 Å². The van der Waals surface area contributed by atoms with Crippen molar-refractivity contribution in [1.82, 2.24) is 0 Å². The van der Waals surface area contributed by atoms with E-state index < -0.39 is 0 Å². The SMILES string of the molecule is COc1ccc(OC)c(C(=O)c2cccc3c2OCC3)c1. The van der Waals surface area contributed by atoms with Gasteiger partial charge in [0.1, 0.15) is 17.2 Å². The molecule has 108 valence electrons. The molecule has 2 aromatic carbocycles. The Hall–Kier alpha value is -2.49. The van der Waals surface area contributed by atoms with Crippen LogP contribution < -0.4 is 14.2 Å². The van der Waals surface area contributed by atoms with Crippen LogP contribution in [0.5, 0.6) is 17.2 Å². The summed E-state index contributed by atoms with van der Waals surface area (Å²) in [6, 6.07) is 10.8. The Labute approximate surface area is 123 Å². The smallest absolute Gasteiger partial charge is 0.200 e. The van der Waals surface area contributed by atoms with E-state index in [1.54, 1.807) is 38.5 Å². The van der Waals surface area contributed by atoms with Crippen LogP contribution in [-0.2, 0) is 6.42 Å². The lowest BCUT2D eigenvalue weighted by atomic mass is 9.99. The second-order valence-electron chi connectivity index (χ2n) is 4.79. The Morgan fingerprint density at radius 1 is 1.10 bits per heavy atom. The molecule has 0 fully saturated rings. The highest BCUT2D eigenvalue weighted by Gasteiger charge is 2.23. The number of para-hydroxylation sites is 1. The largest absolute Gasteiger partial charge is 0.497 e. The topological polar surface area (TPSA) is 44.8 Å². The molecular weight excluding hydrogens is 268 g/mol. The predicted octanol–water partition coefficient (Wildman–Crippen LogP) is 2.87. The molecule has 0 radical (unpaired) electrons. The average molecular weight is 284 g/mol. The summed E-state index contributed by atoms with van der Waals surface area (Å²) in [6.07, 6.45) is 0.839. The molecule has 0 aliphatic carbocycles. The fraction of sp³-hybridized carbons (Fsp3) is 0.235. The van der Waals surface area contributed by atoms with E-state index in [-0.39, 0.29) is 5.78 Å². The maximum atomic E-state index is 12.8. The molecule has 0 N–H and O–H groups in total. The van der Waals surface area contributed by atoms with Crippen molar-refractivity contribution >= 4 is 5.78 Å². The zero-order valence-corrected chi connectivity index (χ0v) is 12.0. The summed E-state index contributed by atoms with van der Waals surface area (Å²) in [7, 11) is 3.11. The minimum atomic E-state index is -0.121. The van der Waals surface area contributed by atoms with Crippen LogP contribution in [0.4, 0.5) is 0 Å². The number of ether oxygens (including phenoxy) is 3. The van der Waals surface area contributed by atoms with Crippen LogP contribution in [0.1, 0.15) is 21.5 Å². The van der Waals surface area contributed by atoms with E-state index in [2.05, 4.69) is 0 Å². The van der Waals surface area contributed by atoms with Crippen molar-refractivity contribution < 1.29 is 19.0 Å². The lowest BCUT2D eigenvalue weighted by Crippen LogP contribution is -2.06. The van der Waals surface area contributed by atoms with Gasteiger partial charge in [0.05, 0.1) is 32.0 Å². The van der Waals surface area contributed by atoms with Gasteiger partial charge in [0.25, 0.3) is 0 Å². The molecule has 1 heterocycles. The molecule has 0 unspecified atom stereocenters. The first kappa shape index (κ1) is 13.5. The molecule has 2 aromatic rings. The van der Waals surface area contributed by atoms with Crippen molar-refractivity contribution in [2.45, 2.75) is 6.42 Å². The molecule has 0 saturated carbocycles. The van der Waals surface area contributed by atoms with Crippen molar-refractivity contribution in [3.8, 4) is 17.2 Å². The van der Waals surface area contributed by atoms with Crippen LogP contribution in [0.3, 0.4) is 0 Å². The van der Waals surface area contributed by atoms with E-state index >= 15 is 0 Å². The molecule has 3 rings (SSSR count). The van der Waals surface area contributed by atoms with E-state index in [1.807, 2.05) is 12.1 Å². The normalized spacial score (nSPS) is 12.5. The van der Waals surface area contributed by atoms with Gasteiger partial charge in [-0.15, -0.1) is 0 Å². The van der Waals surface area contributed by atoms with Crippen LogP contribution in [0.2, 0.25) is 0 Å². The molecule has 0 bridgehead atoms. The van der Waals surface area contributed by atoms with Gasteiger partial charge in [0.2, 0.25) is 5.78 Å². The third-order valence-corrected chi connectivity index (χ3v) is 3.61. The second-order valence-corrected chi connectivity index (χ2v) is 4.79. The number of benzene rings is 2. The molecule has 4 nitrogen and oxygen atoms in total. The number of hydrogen-bond donors (Lipinski definition) is 0. The predicted molar refractivity (Wildman–Crippen MR) is 78.6 cm³/mol. The molecular formula is C17H16O4. The van der Waals surface area contributed by atoms with Crippen LogP contribution in [0.25, 0.3) is 0 Å². The van der Waals surface area contributed by atoms with Crippen LogP contribution in [0, 0.1) is 0 Å². The summed E-state index contributed by atoms with van der Waals surface area (Å²) in [4.78, 5) is 12.8. The second kappa shape index (κ2) is 5.48. The van der Waals surface area contributed by atoms with Gasteiger partial charge in [-0.25, -0.2) is 0 Å². The minimum absolute atomic E-state index is 0.121. The Balaban J connectivity index is 2.09. The fourth-order valence-corrected chi connectivity index (χ4v) is 2.53. The Bertz CT molecular complexity index is 691. The number of hydrogen-bond acceptors (Lipinski definition) is 4. The van der Waals surface area contributed by atoms with Gasteiger partial charge >= 0.3 is 0 Å². The van der Waals surface area contributed by atoms with Crippen molar-refractivity contribution in [2.24, 2.45) is 0 Å². The van der Waals surface area contributed by atoms with Gasteiger partial charge < -0.3 is 14.2 Å². The van der Waals surface area contributed by atoms with Crippen molar-refractivity contribution in [1.29, 1.82) is 0 Å². The maximum absolute atomic E-state index is 12.8. The minimum Gasteiger partial charge on any atom is -0.497 e. The van der Waals surface area contributed by atoms with Crippen molar-refractivity contribution in [3.63, 3.8) is 0 Å².